The molecule has 9 heteroatoms. The van der Waals surface area contributed by atoms with Crippen LogP contribution in [-0.2, 0) is 9.59 Å². The Morgan fingerprint density at radius 2 is 1.86 bits per heavy atom. The fourth-order valence-electron chi connectivity index (χ4n) is 3.25. The Morgan fingerprint density at radius 3 is 2.46 bits per heavy atom. The molecule has 0 spiro atoms. The van der Waals surface area contributed by atoms with Gasteiger partial charge in [0.1, 0.15) is 5.69 Å². The Labute approximate surface area is 175 Å². The van der Waals surface area contributed by atoms with E-state index in [1.54, 1.807) is 22.7 Å². The van der Waals surface area contributed by atoms with E-state index in [1.807, 2.05) is 27.8 Å². The number of thioether (sulfide) groups is 1. The number of nitrogens with one attached hydrogen (secondary N) is 1. The molecule has 0 radical (unpaired) electrons. The van der Waals surface area contributed by atoms with Crippen molar-refractivity contribution in [2.75, 3.05) is 18.8 Å². The summed E-state index contributed by atoms with van der Waals surface area (Å²) >= 11 is 4.73. The summed E-state index contributed by atoms with van der Waals surface area (Å²) in [7, 11) is 0. The number of hydrogen-bond acceptors (Lipinski definition) is 6. The quantitative estimate of drug-likeness (QED) is 0.581. The van der Waals surface area contributed by atoms with Crippen LogP contribution in [0.5, 0.6) is 0 Å². The molecule has 1 aliphatic heterocycles. The second-order valence-electron chi connectivity index (χ2n) is 6.57. The third-order valence-corrected chi connectivity index (χ3v) is 7.41. The summed E-state index contributed by atoms with van der Waals surface area (Å²) in [5, 5.41) is 4.82. The van der Waals surface area contributed by atoms with Crippen LogP contribution in [0.15, 0.2) is 40.2 Å². The maximum atomic E-state index is 12.5. The van der Waals surface area contributed by atoms with Gasteiger partial charge in [0.2, 0.25) is 11.8 Å². The smallest absolute Gasteiger partial charge is 0.233 e. The third-order valence-electron chi connectivity index (χ3n) is 4.79. The zero-order valence-electron chi connectivity index (χ0n) is 15.1. The summed E-state index contributed by atoms with van der Waals surface area (Å²) in [6, 6.07) is 8.15. The molecule has 0 aliphatic carbocycles. The zero-order chi connectivity index (χ0) is 19.5. The molecular weight excluding hydrogens is 412 g/mol. The number of hydrogen-bond donors (Lipinski definition) is 2. The number of nitrogens with zero attached hydrogens (tertiary/aromatic N) is 2. The molecule has 1 aliphatic rings. The molecule has 1 fully saturated rings. The minimum atomic E-state index is -0.265. The van der Waals surface area contributed by atoms with Crippen LogP contribution in [0.4, 0.5) is 0 Å². The first-order valence-corrected chi connectivity index (χ1v) is 11.7. The number of carbonyl (C=O) groups excluding carboxylic acids is 2. The van der Waals surface area contributed by atoms with Gasteiger partial charge in [0, 0.05) is 19.0 Å². The Hall–Kier alpha value is -2.10. The van der Waals surface area contributed by atoms with Crippen LogP contribution in [0.2, 0.25) is 0 Å². The van der Waals surface area contributed by atoms with Gasteiger partial charge in [0.05, 0.1) is 21.2 Å². The van der Waals surface area contributed by atoms with E-state index in [0.29, 0.717) is 31.7 Å². The molecule has 28 heavy (non-hydrogen) atoms. The standard InChI is InChI=1S/C19H20N4O2S3/c20-18(25)12-5-7-23(8-6-12)15(24)11-28-19-21-16(13-3-1-9-26-13)17(22-19)14-4-2-10-27-14/h1-4,9-10,12H,5-8,11H2,(H2,20,25)(H,21,22). The number of nitrogens with two attached hydrogens (primary N) is 1. The van der Waals surface area contributed by atoms with E-state index in [4.69, 9.17) is 10.7 Å². The SMILES string of the molecule is NC(=O)C1CCN(C(=O)CSc2nc(-c3cccs3)c(-c3cccs3)[nH]2)CC1. The van der Waals surface area contributed by atoms with Gasteiger partial charge >= 0.3 is 0 Å². The average molecular weight is 433 g/mol. The van der Waals surface area contributed by atoms with E-state index in [-0.39, 0.29) is 17.7 Å². The number of piperidine rings is 1. The van der Waals surface area contributed by atoms with Gasteiger partial charge in [-0.3, -0.25) is 9.59 Å². The van der Waals surface area contributed by atoms with Crippen molar-refractivity contribution < 1.29 is 9.59 Å². The number of H-pyrrole nitrogens is 1. The van der Waals surface area contributed by atoms with Crippen molar-refractivity contribution in [3.05, 3.63) is 35.0 Å². The van der Waals surface area contributed by atoms with Gasteiger partial charge in [0.15, 0.2) is 5.16 Å². The predicted molar refractivity (Wildman–Crippen MR) is 114 cm³/mol. The number of rotatable bonds is 6. The van der Waals surface area contributed by atoms with Crippen LogP contribution in [-0.4, -0.2) is 45.5 Å². The number of aromatic amines is 1. The molecule has 6 nitrogen and oxygen atoms in total. The molecule has 0 unspecified atom stereocenters. The van der Waals surface area contributed by atoms with Crippen LogP contribution in [0.25, 0.3) is 21.1 Å². The molecule has 3 aromatic rings. The van der Waals surface area contributed by atoms with Crippen molar-refractivity contribution >= 4 is 46.2 Å². The summed E-state index contributed by atoms with van der Waals surface area (Å²) < 4.78 is 0. The minimum absolute atomic E-state index is 0.0691. The molecule has 146 valence electrons. The van der Waals surface area contributed by atoms with Crippen molar-refractivity contribution in [2.24, 2.45) is 11.7 Å². The lowest BCUT2D eigenvalue weighted by atomic mass is 9.96. The van der Waals surface area contributed by atoms with Crippen molar-refractivity contribution in [1.82, 2.24) is 14.9 Å². The van der Waals surface area contributed by atoms with Gasteiger partial charge in [-0.25, -0.2) is 4.98 Å². The molecule has 3 N–H and O–H groups in total. The maximum Gasteiger partial charge on any atom is 0.233 e. The molecule has 0 saturated carbocycles. The molecule has 3 aromatic heterocycles. The van der Waals surface area contributed by atoms with E-state index < -0.39 is 0 Å². The first kappa shape index (κ1) is 19.2. The van der Waals surface area contributed by atoms with Gasteiger partial charge < -0.3 is 15.6 Å². The number of aromatic nitrogens is 2. The Morgan fingerprint density at radius 1 is 1.18 bits per heavy atom. The topological polar surface area (TPSA) is 92.1 Å². The fraction of sp³-hybridized carbons (Fsp3) is 0.316. The average Bonchev–Trinajstić information content (AvgIpc) is 3.47. The van der Waals surface area contributed by atoms with Crippen LogP contribution >= 0.6 is 34.4 Å². The first-order chi connectivity index (χ1) is 13.6. The van der Waals surface area contributed by atoms with Crippen molar-refractivity contribution in [2.45, 2.75) is 18.0 Å². The Kier molecular flexibility index (Phi) is 5.84. The van der Waals surface area contributed by atoms with E-state index >= 15 is 0 Å². The summed E-state index contributed by atoms with van der Waals surface area (Å²) in [5.41, 5.74) is 7.28. The molecule has 1 saturated heterocycles. The van der Waals surface area contributed by atoms with Crippen LogP contribution in [0.3, 0.4) is 0 Å². The number of amides is 2. The molecule has 0 bridgehead atoms. The highest BCUT2D eigenvalue weighted by Crippen LogP contribution is 2.36. The maximum absolute atomic E-state index is 12.5. The molecule has 0 atom stereocenters. The molecule has 4 heterocycles. The lowest BCUT2D eigenvalue weighted by Crippen LogP contribution is -2.42. The second kappa shape index (κ2) is 8.50. The van der Waals surface area contributed by atoms with Gasteiger partial charge in [-0.05, 0) is 35.7 Å². The summed E-state index contributed by atoms with van der Waals surface area (Å²) in [6.45, 7) is 1.18. The van der Waals surface area contributed by atoms with Crippen LogP contribution in [0, 0.1) is 5.92 Å². The second-order valence-corrected chi connectivity index (χ2v) is 9.43. The molecule has 0 aromatic carbocycles. The van der Waals surface area contributed by atoms with Crippen molar-refractivity contribution in [3.63, 3.8) is 0 Å². The summed E-state index contributed by atoms with van der Waals surface area (Å²) in [4.78, 5) is 36.0. The minimum Gasteiger partial charge on any atom is -0.369 e. The van der Waals surface area contributed by atoms with E-state index in [1.165, 1.54) is 11.8 Å². The summed E-state index contributed by atoms with van der Waals surface area (Å²) in [5.74, 6) is 0.0186. The van der Waals surface area contributed by atoms with Gasteiger partial charge in [0.25, 0.3) is 0 Å². The molecule has 2 amide bonds. The monoisotopic (exact) mass is 432 g/mol. The number of thiophene rings is 2. The van der Waals surface area contributed by atoms with Gasteiger partial charge in [-0.1, -0.05) is 23.9 Å². The van der Waals surface area contributed by atoms with E-state index in [0.717, 1.165) is 26.3 Å². The lowest BCUT2D eigenvalue weighted by Gasteiger charge is -2.30. The normalized spacial score (nSPS) is 15.1. The molecule has 4 rings (SSSR count). The largest absolute Gasteiger partial charge is 0.369 e. The number of imidazole rings is 1. The van der Waals surface area contributed by atoms with E-state index in [2.05, 4.69) is 17.1 Å². The Bertz CT molecular complexity index is 890. The highest BCUT2D eigenvalue weighted by atomic mass is 32.2. The highest BCUT2D eigenvalue weighted by molar-refractivity contribution is 7.99. The zero-order valence-corrected chi connectivity index (χ0v) is 17.5. The first-order valence-electron chi connectivity index (χ1n) is 8.99. The van der Waals surface area contributed by atoms with Crippen molar-refractivity contribution in [3.8, 4) is 21.1 Å². The molecular formula is C19H20N4O2S3. The lowest BCUT2D eigenvalue weighted by molar-refractivity contribution is -0.132. The van der Waals surface area contributed by atoms with Gasteiger partial charge in [-0.2, -0.15) is 0 Å². The third kappa shape index (κ3) is 4.16. The van der Waals surface area contributed by atoms with Crippen molar-refractivity contribution in [1.29, 1.82) is 0 Å². The fourth-order valence-corrected chi connectivity index (χ4v) is 5.46. The predicted octanol–water partition coefficient (Wildman–Crippen LogP) is 3.68. The number of carbonyl (C=O) groups is 2. The Balaban J connectivity index is 1.43. The number of primary amides is 1. The highest BCUT2D eigenvalue weighted by Gasteiger charge is 2.26. The van der Waals surface area contributed by atoms with Crippen LogP contribution < -0.4 is 5.73 Å². The summed E-state index contributed by atoms with van der Waals surface area (Å²) in [6.07, 6.45) is 1.30. The van der Waals surface area contributed by atoms with E-state index in [9.17, 15) is 9.59 Å². The van der Waals surface area contributed by atoms with Gasteiger partial charge in [-0.15, -0.1) is 22.7 Å². The van der Waals surface area contributed by atoms with Crippen LogP contribution in [0.1, 0.15) is 12.8 Å². The number of likely N-dealkylation sites (tertiary alicyclic amines) is 1.